The highest BCUT2D eigenvalue weighted by Crippen LogP contribution is 2.43. The molecule has 2 saturated heterocycles. The molecule has 1 N–H and O–H groups in total. The summed E-state index contributed by atoms with van der Waals surface area (Å²) < 4.78 is 0. The second kappa shape index (κ2) is 3.51. The van der Waals surface area contributed by atoms with Gasteiger partial charge in [-0.15, -0.1) is 0 Å². The van der Waals surface area contributed by atoms with E-state index in [1.54, 1.807) is 10.3 Å². The minimum Gasteiger partial charge on any atom is -0.394 e. The zero-order valence-electron chi connectivity index (χ0n) is 9.04. The molecule has 1 aromatic carbocycles. The van der Waals surface area contributed by atoms with E-state index < -0.39 is 5.54 Å². The lowest BCUT2D eigenvalue weighted by Gasteiger charge is -2.47. The van der Waals surface area contributed by atoms with Crippen LogP contribution in [0, 0.1) is 0 Å². The Morgan fingerprint density at radius 1 is 1.44 bits per heavy atom. The van der Waals surface area contributed by atoms with Gasteiger partial charge in [0.15, 0.2) is 6.23 Å². The number of hydrazine groups is 1. The normalized spacial score (nSPS) is 34.8. The minimum absolute atomic E-state index is 0.00497. The molecule has 0 saturated carbocycles. The molecule has 1 aromatic rings. The minimum atomic E-state index is -0.467. The first-order valence-electron chi connectivity index (χ1n) is 5.29. The van der Waals surface area contributed by atoms with E-state index in [1.807, 2.05) is 37.3 Å². The molecule has 0 amide bonds. The summed E-state index contributed by atoms with van der Waals surface area (Å²) in [6.45, 7) is 2.34. The van der Waals surface area contributed by atoms with E-state index in [2.05, 4.69) is 0 Å². The Hall–Kier alpha value is -0.980. The summed E-state index contributed by atoms with van der Waals surface area (Å²) in [4.78, 5) is 11.1. The van der Waals surface area contributed by atoms with Crippen LogP contribution in [0.3, 0.4) is 0 Å². The number of hydroxylamine groups is 2. The van der Waals surface area contributed by atoms with Crippen molar-refractivity contribution in [3.8, 4) is 0 Å². The van der Waals surface area contributed by atoms with Crippen LogP contribution in [0.1, 0.15) is 18.7 Å². The van der Waals surface area contributed by atoms with Gasteiger partial charge in [-0.25, -0.2) is 0 Å². The highest BCUT2D eigenvalue weighted by Gasteiger charge is 2.56. The fourth-order valence-electron chi connectivity index (χ4n) is 1.89. The van der Waals surface area contributed by atoms with Gasteiger partial charge in [0.05, 0.1) is 13.2 Å². The second-order valence-corrected chi connectivity index (χ2v) is 4.37. The zero-order valence-corrected chi connectivity index (χ0v) is 9.04. The van der Waals surface area contributed by atoms with Gasteiger partial charge >= 0.3 is 0 Å². The summed E-state index contributed by atoms with van der Waals surface area (Å²) in [6.07, 6.45) is -0.199. The van der Waals surface area contributed by atoms with Crippen LogP contribution in [-0.4, -0.2) is 34.2 Å². The Morgan fingerprint density at radius 2 is 2.19 bits per heavy atom. The molecule has 0 radical (unpaired) electrons. The van der Waals surface area contributed by atoms with Crippen LogP contribution in [0.4, 0.5) is 0 Å². The molecule has 2 aliphatic heterocycles. The molecule has 0 bridgehead atoms. The number of hydrogen-bond acceptors (Lipinski definition) is 5. The van der Waals surface area contributed by atoms with Crippen molar-refractivity contribution in [3.63, 3.8) is 0 Å². The molecular weight excluding hydrogens is 208 g/mol. The van der Waals surface area contributed by atoms with E-state index in [0.717, 1.165) is 5.56 Å². The summed E-state index contributed by atoms with van der Waals surface area (Å²) in [6, 6.07) is 9.86. The van der Waals surface area contributed by atoms with E-state index in [1.165, 1.54) is 0 Å². The first-order valence-corrected chi connectivity index (χ1v) is 5.29. The highest BCUT2D eigenvalue weighted by atomic mass is 17.0. The molecule has 2 unspecified atom stereocenters. The summed E-state index contributed by atoms with van der Waals surface area (Å²) in [7, 11) is 0. The Morgan fingerprint density at radius 3 is 2.88 bits per heavy atom. The third kappa shape index (κ3) is 1.30. The monoisotopic (exact) mass is 222 g/mol. The summed E-state index contributed by atoms with van der Waals surface area (Å²) in [5, 5.41) is 12.5. The van der Waals surface area contributed by atoms with Crippen LogP contribution < -0.4 is 0 Å². The average Bonchev–Trinajstić information content (AvgIpc) is 2.53. The van der Waals surface area contributed by atoms with Crippen molar-refractivity contribution in [2.45, 2.75) is 18.7 Å². The molecule has 2 fully saturated rings. The van der Waals surface area contributed by atoms with Gasteiger partial charge in [0.25, 0.3) is 0 Å². The maximum absolute atomic E-state index is 9.28. The predicted molar refractivity (Wildman–Crippen MR) is 55.4 cm³/mol. The molecule has 0 spiro atoms. The molecule has 0 aliphatic carbocycles. The number of hydrogen-bond donors (Lipinski definition) is 1. The van der Waals surface area contributed by atoms with Gasteiger partial charge in [-0.3, -0.25) is 9.68 Å². The maximum atomic E-state index is 9.28. The molecule has 86 valence electrons. The molecule has 2 atom stereocenters. The van der Waals surface area contributed by atoms with Crippen molar-refractivity contribution in [2.24, 2.45) is 0 Å². The predicted octanol–water partition coefficient (Wildman–Crippen LogP) is 0.846. The van der Waals surface area contributed by atoms with Crippen LogP contribution in [0.25, 0.3) is 0 Å². The molecule has 5 heteroatoms. The van der Waals surface area contributed by atoms with Gasteiger partial charge in [-0.05, 0) is 6.92 Å². The Kier molecular flexibility index (Phi) is 2.24. The van der Waals surface area contributed by atoms with Crippen LogP contribution in [0.15, 0.2) is 30.3 Å². The van der Waals surface area contributed by atoms with Crippen molar-refractivity contribution >= 4 is 0 Å². The number of aliphatic hydroxyl groups is 1. The van der Waals surface area contributed by atoms with Crippen LogP contribution in [0.5, 0.6) is 0 Å². The third-order valence-corrected chi connectivity index (χ3v) is 2.97. The molecule has 16 heavy (non-hydrogen) atoms. The van der Waals surface area contributed by atoms with Crippen LogP contribution in [-0.2, 0) is 9.68 Å². The number of aliphatic hydroxyl groups excluding tert-OH is 1. The topological polar surface area (TPSA) is 45.2 Å². The Bertz CT molecular complexity index is 386. The largest absolute Gasteiger partial charge is 0.394 e. The molecule has 2 heterocycles. The Labute approximate surface area is 93.7 Å². The van der Waals surface area contributed by atoms with Crippen molar-refractivity contribution in [2.75, 3.05) is 13.2 Å². The number of rotatable bonds is 2. The molecule has 2 aliphatic rings. The summed E-state index contributed by atoms with van der Waals surface area (Å²) >= 11 is 0. The average molecular weight is 222 g/mol. The van der Waals surface area contributed by atoms with E-state index in [0.29, 0.717) is 6.61 Å². The Balaban J connectivity index is 1.78. The van der Waals surface area contributed by atoms with Crippen molar-refractivity contribution in [3.05, 3.63) is 35.9 Å². The highest BCUT2D eigenvalue weighted by molar-refractivity contribution is 5.18. The van der Waals surface area contributed by atoms with Crippen molar-refractivity contribution < 1.29 is 14.8 Å². The van der Waals surface area contributed by atoms with Crippen molar-refractivity contribution in [1.82, 2.24) is 10.3 Å². The van der Waals surface area contributed by atoms with E-state index >= 15 is 0 Å². The van der Waals surface area contributed by atoms with E-state index in [9.17, 15) is 5.11 Å². The smallest absolute Gasteiger partial charge is 0.199 e. The summed E-state index contributed by atoms with van der Waals surface area (Å²) in [5.41, 5.74) is 0.576. The van der Waals surface area contributed by atoms with Gasteiger partial charge in [-0.1, -0.05) is 40.7 Å². The molecule has 3 rings (SSSR count). The standard InChI is InChI=1S/C11H14N2O3/c1-11(7-14)8-15-12-10(16-13(11)12)9-5-3-2-4-6-9/h2-6,10,14H,7-8H2,1H3. The van der Waals surface area contributed by atoms with Gasteiger partial charge < -0.3 is 5.11 Å². The lowest BCUT2D eigenvalue weighted by molar-refractivity contribution is -0.551. The number of benzene rings is 1. The summed E-state index contributed by atoms with van der Waals surface area (Å²) in [5.74, 6) is 0. The number of fused-ring (bicyclic) bond motifs is 1. The first-order chi connectivity index (χ1) is 7.74. The maximum Gasteiger partial charge on any atom is 0.199 e. The van der Waals surface area contributed by atoms with Gasteiger partial charge in [0.2, 0.25) is 0 Å². The van der Waals surface area contributed by atoms with Crippen molar-refractivity contribution in [1.29, 1.82) is 0 Å². The SMILES string of the molecule is CC1(CO)CON2C(c3ccccc3)ON21. The fourth-order valence-corrected chi connectivity index (χ4v) is 1.89. The van der Waals surface area contributed by atoms with E-state index in [4.69, 9.17) is 9.68 Å². The van der Waals surface area contributed by atoms with Gasteiger partial charge in [0.1, 0.15) is 5.54 Å². The van der Waals surface area contributed by atoms with Crippen LogP contribution >= 0.6 is 0 Å². The fraction of sp³-hybridized carbons (Fsp3) is 0.455. The lowest BCUT2D eigenvalue weighted by Crippen LogP contribution is -2.60. The number of nitrogens with zero attached hydrogens (tertiary/aromatic N) is 2. The molecule has 5 nitrogen and oxygen atoms in total. The van der Waals surface area contributed by atoms with Gasteiger partial charge in [-0.2, -0.15) is 0 Å². The quantitative estimate of drug-likeness (QED) is 0.803. The molecular formula is C11H14N2O3. The van der Waals surface area contributed by atoms with E-state index in [-0.39, 0.29) is 12.8 Å². The zero-order chi connectivity index (χ0) is 11.2. The van der Waals surface area contributed by atoms with Gasteiger partial charge in [0, 0.05) is 5.56 Å². The second-order valence-electron chi connectivity index (χ2n) is 4.37. The van der Waals surface area contributed by atoms with Crippen LogP contribution in [0.2, 0.25) is 0 Å². The molecule has 0 aromatic heterocycles. The third-order valence-electron chi connectivity index (χ3n) is 2.97. The lowest BCUT2D eigenvalue weighted by atomic mass is 10.1. The first kappa shape index (κ1) is 10.2.